The summed E-state index contributed by atoms with van der Waals surface area (Å²) in [5, 5.41) is 4.62. The lowest BCUT2D eigenvalue weighted by Gasteiger charge is -2.23. The first-order valence-corrected chi connectivity index (χ1v) is 8.40. The van der Waals surface area contributed by atoms with E-state index in [-0.39, 0.29) is 0 Å². The van der Waals surface area contributed by atoms with Crippen LogP contribution in [0.3, 0.4) is 0 Å². The van der Waals surface area contributed by atoms with Gasteiger partial charge >= 0.3 is 0 Å². The van der Waals surface area contributed by atoms with E-state index in [0.29, 0.717) is 24.1 Å². The number of fused-ring (bicyclic) bond motifs is 3. The minimum absolute atomic E-state index is 0.335. The molecule has 2 saturated heterocycles. The van der Waals surface area contributed by atoms with Crippen molar-refractivity contribution in [3.8, 4) is 0 Å². The largest absolute Gasteiger partial charge is 0.373 e. The third-order valence-corrected chi connectivity index (χ3v) is 5.06. The van der Waals surface area contributed by atoms with Crippen LogP contribution in [0, 0.1) is 0 Å². The smallest absolute Gasteiger partial charge is 0.159 e. The fourth-order valence-electron chi connectivity index (χ4n) is 3.98. The van der Waals surface area contributed by atoms with Crippen LogP contribution in [0.4, 0.5) is 0 Å². The lowest BCUT2D eigenvalue weighted by molar-refractivity contribution is 0.0938. The number of rotatable bonds is 4. The van der Waals surface area contributed by atoms with E-state index >= 15 is 0 Å². The van der Waals surface area contributed by atoms with Gasteiger partial charge in [0.2, 0.25) is 0 Å². The summed E-state index contributed by atoms with van der Waals surface area (Å²) in [4.78, 5) is 4.86. The van der Waals surface area contributed by atoms with E-state index in [1.54, 1.807) is 0 Å². The number of aromatic nitrogens is 4. The van der Waals surface area contributed by atoms with Gasteiger partial charge in [0.25, 0.3) is 0 Å². The second-order valence-electron chi connectivity index (χ2n) is 6.11. The molecule has 3 atom stereocenters. The molecule has 114 valence electrons. The molecule has 2 aliphatic heterocycles. The van der Waals surface area contributed by atoms with Gasteiger partial charge in [0.15, 0.2) is 5.65 Å². The fraction of sp³-hybridized carbons (Fsp3) is 0.733. The second kappa shape index (κ2) is 4.99. The highest BCUT2D eigenvalue weighted by Gasteiger charge is 2.43. The Bertz CT molecular complexity index is 677. The number of aryl methyl sites for hydroxylation is 3. The molecule has 3 unspecified atom stereocenters. The zero-order valence-corrected chi connectivity index (χ0v) is 13.3. The van der Waals surface area contributed by atoms with Crippen molar-refractivity contribution < 1.29 is 4.74 Å². The van der Waals surface area contributed by atoms with Gasteiger partial charge in [-0.05, 0) is 25.7 Å². The van der Waals surface area contributed by atoms with Crippen molar-refractivity contribution in [1.29, 1.82) is 0 Å². The Morgan fingerprint density at radius 1 is 1.38 bits per heavy atom. The first-order chi connectivity index (χ1) is 10.2. The Kier molecular flexibility index (Phi) is 3.23. The predicted molar refractivity (Wildman–Crippen MR) is 81.9 cm³/mol. The van der Waals surface area contributed by atoms with E-state index in [2.05, 4.69) is 16.6 Å². The standard InChI is InChI=1S/C15H21ClN4O/c1-3-10-14-15(19(2)18-10)20(13(17-14)6-7-16)11-8-9-4-5-12(11)21-9/h9,11-12H,3-8H2,1-2H3. The molecule has 2 aromatic heterocycles. The summed E-state index contributed by atoms with van der Waals surface area (Å²) < 4.78 is 10.4. The Hall–Kier alpha value is -1.07. The van der Waals surface area contributed by atoms with Crippen LogP contribution < -0.4 is 0 Å². The number of nitrogens with zero attached hydrogens (tertiary/aromatic N) is 4. The Balaban J connectivity index is 1.88. The third kappa shape index (κ3) is 1.94. The Labute approximate surface area is 129 Å². The Morgan fingerprint density at radius 2 is 2.24 bits per heavy atom. The van der Waals surface area contributed by atoms with Crippen LogP contribution in [0.5, 0.6) is 0 Å². The number of hydrogen-bond donors (Lipinski definition) is 0. The highest BCUT2D eigenvalue weighted by molar-refractivity contribution is 6.17. The average Bonchev–Trinajstić information content (AvgIpc) is 3.20. The van der Waals surface area contributed by atoms with Crippen LogP contribution in [0.2, 0.25) is 0 Å². The van der Waals surface area contributed by atoms with Crippen LogP contribution in [0.25, 0.3) is 11.2 Å². The molecule has 0 aromatic carbocycles. The highest BCUT2D eigenvalue weighted by Crippen LogP contribution is 2.43. The van der Waals surface area contributed by atoms with Crippen molar-refractivity contribution in [2.24, 2.45) is 7.05 Å². The van der Waals surface area contributed by atoms with Gasteiger partial charge < -0.3 is 9.30 Å². The number of imidazole rings is 1. The van der Waals surface area contributed by atoms with E-state index < -0.39 is 0 Å². The summed E-state index contributed by atoms with van der Waals surface area (Å²) in [5.41, 5.74) is 3.25. The molecule has 0 amide bonds. The molecule has 2 aromatic rings. The fourth-order valence-corrected chi connectivity index (χ4v) is 4.15. The SMILES string of the molecule is CCc1nn(C)c2c1nc(CCCl)n2C1CC2CCC1O2. The van der Waals surface area contributed by atoms with Crippen molar-refractivity contribution >= 4 is 22.8 Å². The van der Waals surface area contributed by atoms with Gasteiger partial charge in [-0.15, -0.1) is 11.6 Å². The number of halogens is 1. The quantitative estimate of drug-likeness (QED) is 0.816. The predicted octanol–water partition coefficient (Wildman–Crippen LogP) is 2.61. The summed E-state index contributed by atoms with van der Waals surface area (Å²) in [6.07, 6.45) is 5.93. The maximum atomic E-state index is 6.05. The molecule has 5 nitrogen and oxygen atoms in total. The van der Waals surface area contributed by atoms with E-state index in [9.17, 15) is 0 Å². The summed E-state index contributed by atoms with van der Waals surface area (Å²) in [6.45, 7) is 2.13. The van der Waals surface area contributed by atoms with Crippen molar-refractivity contribution in [2.75, 3.05) is 5.88 Å². The minimum Gasteiger partial charge on any atom is -0.373 e. The van der Waals surface area contributed by atoms with Crippen molar-refractivity contribution in [2.45, 2.75) is 57.3 Å². The van der Waals surface area contributed by atoms with Crippen LogP contribution in [-0.4, -0.2) is 37.4 Å². The maximum Gasteiger partial charge on any atom is 0.159 e. The van der Waals surface area contributed by atoms with Crippen LogP contribution in [-0.2, 0) is 24.6 Å². The zero-order chi connectivity index (χ0) is 14.6. The molecule has 0 saturated carbocycles. The maximum absolute atomic E-state index is 6.05. The summed E-state index contributed by atoms with van der Waals surface area (Å²) in [5.74, 6) is 1.68. The molecule has 0 aliphatic carbocycles. The lowest BCUT2D eigenvalue weighted by atomic mass is 9.95. The second-order valence-corrected chi connectivity index (χ2v) is 6.49. The van der Waals surface area contributed by atoms with Gasteiger partial charge in [-0.25, -0.2) is 4.98 Å². The molecule has 2 aliphatic rings. The van der Waals surface area contributed by atoms with Gasteiger partial charge in [-0.3, -0.25) is 4.68 Å². The van der Waals surface area contributed by atoms with E-state index in [4.69, 9.17) is 21.3 Å². The molecule has 4 heterocycles. The van der Waals surface area contributed by atoms with Crippen LogP contribution in [0.1, 0.15) is 43.7 Å². The average molecular weight is 309 g/mol. The van der Waals surface area contributed by atoms with Crippen molar-refractivity contribution in [3.63, 3.8) is 0 Å². The van der Waals surface area contributed by atoms with E-state index in [1.807, 2.05) is 11.7 Å². The first-order valence-electron chi connectivity index (χ1n) is 7.87. The monoisotopic (exact) mass is 308 g/mol. The molecule has 0 spiro atoms. The van der Waals surface area contributed by atoms with Gasteiger partial charge in [0.05, 0.1) is 23.9 Å². The van der Waals surface area contributed by atoms with Crippen LogP contribution in [0.15, 0.2) is 0 Å². The molecule has 2 fully saturated rings. The zero-order valence-electron chi connectivity index (χ0n) is 12.5. The van der Waals surface area contributed by atoms with E-state index in [0.717, 1.165) is 48.4 Å². The molecule has 2 bridgehead atoms. The topological polar surface area (TPSA) is 44.9 Å². The number of ether oxygens (including phenoxy) is 1. The highest BCUT2D eigenvalue weighted by atomic mass is 35.5. The van der Waals surface area contributed by atoms with Gasteiger partial charge in [-0.1, -0.05) is 6.92 Å². The molecule has 0 radical (unpaired) electrons. The normalized spacial score (nSPS) is 28.0. The minimum atomic E-state index is 0.335. The molecule has 6 heteroatoms. The van der Waals surface area contributed by atoms with Crippen molar-refractivity contribution in [3.05, 3.63) is 11.5 Å². The lowest BCUT2D eigenvalue weighted by Crippen LogP contribution is -2.24. The third-order valence-electron chi connectivity index (χ3n) is 4.87. The van der Waals surface area contributed by atoms with Gasteiger partial charge in [0, 0.05) is 19.3 Å². The Morgan fingerprint density at radius 3 is 2.86 bits per heavy atom. The van der Waals surface area contributed by atoms with Crippen molar-refractivity contribution in [1.82, 2.24) is 19.3 Å². The number of hydrogen-bond acceptors (Lipinski definition) is 3. The summed E-state index contributed by atoms with van der Waals surface area (Å²) in [6, 6.07) is 0.395. The van der Waals surface area contributed by atoms with Crippen LogP contribution >= 0.6 is 11.6 Å². The summed E-state index contributed by atoms with van der Waals surface area (Å²) >= 11 is 5.99. The molecular weight excluding hydrogens is 288 g/mol. The van der Waals surface area contributed by atoms with E-state index in [1.165, 1.54) is 6.42 Å². The molecule has 4 rings (SSSR count). The molecular formula is C15H21ClN4O. The van der Waals surface area contributed by atoms with Gasteiger partial charge in [0.1, 0.15) is 11.3 Å². The summed E-state index contributed by atoms with van der Waals surface area (Å²) in [7, 11) is 2.01. The molecule has 0 N–H and O–H groups in total. The molecule has 21 heavy (non-hydrogen) atoms. The number of alkyl halides is 1. The van der Waals surface area contributed by atoms with Gasteiger partial charge in [-0.2, -0.15) is 5.10 Å². The first kappa shape index (κ1) is 13.6.